The van der Waals surface area contributed by atoms with Crippen molar-refractivity contribution in [2.75, 3.05) is 20.1 Å². The van der Waals surface area contributed by atoms with Crippen molar-refractivity contribution in [3.63, 3.8) is 0 Å². The zero-order valence-electron chi connectivity index (χ0n) is 10.4. The number of rotatable bonds is 3. The second kappa shape index (κ2) is 7.24. The molecule has 4 nitrogen and oxygen atoms in total. The van der Waals surface area contributed by atoms with Gasteiger partial charge in [0.05, 0.1) is 6.26 Å². The molecule has 0 saturated carbocycles. The van der Waals surface area contributed by atoms with E-state index in [-0.39, 0.29) is 24.5 Å². The van der Waals surface area contributed by atoms with Crippen molar-refractivity contribution in [1.29, 1.82) is 0 Å². The summed E-state index contributed by atoms with van der Waals surface area (Å²) in [4.78, 5) is 13.7. The van der Waals surface area contributed by atoms with Crippen molar-refractivity contribution in [3.8, 4) is 0 Å². The number of piperidine rings is 1. The van der Waals surface area contributed by atoms with Gasteiger partial charge in [-0.25, -0.2) is 4.79 Å². The Kier molecular flexibility index (Phi) is 5.95. The van der Waals surface area contributed by atoms with Crippen LogP contribution in [0.2, 0.25) is 0 Å². The van der Waals surface area contributed by atoms with Crippen LogP contribution >= 0.6 is 12.4 Å². The number of esters is 1. The van der Waals surface area contributed by atoms with Crippen molar-refractivity contribution in [1.82, 2.24) is 4.90 Å². The fraction of sp³-hybridized carbons (Fsp3) is 0.462. The maximum Gasteiger partial charge on any atom is 0.331 e. The van der Waals surface area contributed by atoms with Crippen LogP contribution in [0, 0.1) is 0 Å². The first-order valence-electron chi connectivity index (χ1n) is 5.85. The van der Waals surface area contributed by atoms with Gasteiger partial charge in [-0.15, -0.1) is 12.4 Å². The van der Waals surface area contributed by atoms with E-state index < -0.39 is 0 Å². The SMILES string of the molecule is CN1CCCC(OC(=O)C=Cc2ccco2)C1.Cl. The second-order valence-electron chi connectivity index (χ2n) is 4.31. The zero-order chi connectivity index (χ0) is 12.1. The minimum Gasteiger partial charge on any atom is -0.465 e. The molecule has 1 unspecified atom stereocenters. The monoisotopic (exact) mass is 271 g/mol. The molecule has 0 amide bonds. The van der Waals surface area contributed by atoms with Crippen molar-refractivity contribution >= 4 is 24.5 Å². The average Bonchev–Trinajstić information content (AvgIpc) is 2.79. The largest absolute Gasteiger partial charge is 0.465 e. The Morgan fingerprint density at radius 1 is 1.61 bits per heavy atom. The summed E-state index contributed by atoms with van der Waals surface area (Å²) >= 11 is 0. The molecule has 1 aromatic rings. The lowest BCUT2D eigenvalue weighted by Crippen LogP contribution is -2.37. The topological polar surface area (TPSA) is 42.7 Å². The van der Waals surface area contributed by atoms with E-state index in [2.05, 4.69) is 4.90 Å². The molecule has 0 N–H and O–H groups in total. The molecule has 1 aliphatic heterocycles. The Hall–Kier alpha value is -1.26. The predicted molar refractivity (Wildman–Crippen MR) is 71.6 cm³/mol. The zero-order valence-corrected chi connectivity index (χ0v) is 11.2. The number of carbonyl (C=O) groups is 1. The Morgan fingerprint density at radius 3 is 3.11 bits per heavy atom. The van der Waals surface area contributed by atoms with Gasteiger partial charge < -0.3 is 14.1 Å². The summed E-state index contributed by atoms with van der Waals surface area (Å²) in [5, 5.41) is 0. The summed E-state index contributed by atoms with van der Waals surface area (Å²) in [5.74, 6) is 0.351. The van der Waals surface area contributed by atoms with E-state index in [1.807, 2.05) is 7.05 Å². The van der Waals surface area contributed by atoms with Gasteiger partial charge in [-0.1, -0.05) is 0 Å². The van der Waals surface area contributed by atoms with Crippen LogP contribution in [0.15, 0.2) is 28.9 Å². The molecule has 1 fully saturated rings. The van der Waals surface area contributed by atoms with Crippen molar-refractivity contribution in [3.05, 3.63) is 30.2 Å². The van der Waals surface area contributed by atoms with Gasteiger partial charge in [0.15, 0.2) is 0 Å². The molecule has 2 rings (SSSR count). The number of carbonyl (C=O) groups excluding carboxylic acids is 1. The molecule has 18 heavy (non-hydrogen) atoms. The number of hydrogen-bond acceptors (Lipinski definition) is 4. The number of halogens is 1. The van der Waals surface area contributed by atoms with Crippen LogP contribution in [0.25, 0.3) is 6.08 Å². The molecule has 0 aromatic carbocycles. The van der Waals surface area contributed by atoms with Crippen LogP contribution < -0.4 is 0 Å². The fourth-order valence-corrected chi connectivity index (χ4v) is 1.96. The molecule has 5 heteroatoms. The van der Waals surface area contributed by atoms with Gasteiger partial charge in [-0.3, -0.25) is 0 Å². The fourth-order valence-electron chi connectivity index (χ4n) is 1.96. The molecule has 0 aliphatic carbocycles. The van der Waals surface area contributed by atoms with E-state index in [9.17, 15) is 4.79 Å². The van der Waals surface area contributed by atoms with E-state index in [4.69, 9.17) is 9.15 Å². The third kappa shape index (κ3) is 4.55. The second-order valence-corrected chi connectivity index (χ2v) is 4.31. The molecule has 1 atom stereocenters. The minimum atomic E-state index is -0.304. The van der Waals surface area contributed by atoms with Gasteiger partial charge in [-0.2, -0.15) is 0 Å². The van der Waals surface area contributed by atoms with E-state index in [0.29, 0.717) is 5.76 Å². The molecule has 0 bridgehead atoms. The molecule has 1 aliphatic rings. The molecule has 100 valence electrons. The summed E-state index contributed by atoms with van der Waals surface area (Å²) in [5.41, 5.74) is 0. The highest BCUT2D eigenvalue weighted by Gasteiger charge is 2.19. The summed E-state index contributed by atoms with van der Waals surface area (Å²) in [6, 6.07) is 3.57. The van der Waals surface area contributed by atoms with Gasteiger partial charge in [0, 0.05) is 12.6 Å². The standard InChI is InChI=1S/C13H17NO3.ClH/c1-14-8-2-4-12(10-14)17-13(15)7-6-11-5-3-9-16-11;/h3,5-7,9,12H,2,4,8,10H2,1H3;1H. The van der Waals surface area contributed by atoms with Crippen molar-refractivity contribution in [2.45, 2.75) is 18.9 Å². The maximum atomic E-state index is 11.5. The molecule has 0 spiro atoms. The lowest BCUT2D eigenvalue weighted by Gasteiger charge is -2.28. The normalized spacial score (nSPS) is 20.6. The molecular formula is C13H18ClNO3. The van der Waals surface area contributed by atoms with Crippen LogP contribution in [0.1, 0.15) is 18.6 Å². The minimum absolute atomic E-state index is 0. The first-order chi connectivity index (χ1) is 8.24. The number of nitrogens with zero attached hydrogens (tertiary/aromatic N) is 1. The van der Waals surface area contributed by atoms with Gasteiger partial charge in [0.1, 0.15) is 11.9 Å². The Morgan fingerprint density at radius 2 is 2.44 bits per heavy atom. The van der Waals surface area contributed by atoms with Crippen molar-refractivity contribution < 1.29 is 13.9 Å². The van der Waals surface area contributed by atoms with Gasteiger partial charge in [0.2, 0.25) is 0 Å². The highest BCUT2D eigenvalue weighted by molar-refractivity contribution is 5.86. The summed E-state index contributed by atoms with van der Waals surface area (Å²) in [6.07, 6.45) is 6.65. The summed E-state index contributed by atoms with van der Waals surface area (Å²) < 4.78 is 10.4. The van der Waals surface area contributed by atoms with Crippen LogP contribution in [0.5, 0.6) is 0 Å². The van der Waals surface area contributed by atoms with E-state index in [0.717, 1.165) is 25.9 Å². The van der Waals surface area contributed by atoms with Crippen LogP contribution in [-0.2, 0) is 9.53 Å². The first-order valence-corrected chi connectivity index (χ1v) is 5.85. The molecule has 2 heterocycles. The Balaban J connectivity index is 0.00000162. The van der Waals surface area contributed by atoms with Gasteiger partial charge in [0.25, 0.3) is 0 Å². The summed E-state index contributed by atoms with van der Waals surface area (Å²) in [7, 11) is 2.04. The van der Waals surface area contributed by atoms with Crippen molar-refractivity contribution in [2.24, 2.45) is 0 Å². The number of likely N-dealkylation sites (tertiary alicyclic amines) is 1. The quantitative estimate of drug-likeness (QED) is 0.625. The lowest BCUT2D eigenvalue weighted by atomic mass is 10.1. The van der Waals surface area contributed by atoms with E-state index >= 15 is 0 Å². The first kappa shape index (κ1) is 14.8. The molecule has 1 aromatic heterocycles. The highest BCUT2D eigenvalue weighted by atomic mass is 35.5. The summed E-state index contributed by atoms with van der Waals surface area (Å²) in [6.45, 7) is 1.90. The number of ether oxygens (including phenoxy) is 1. The number of likely N-dealkylation sites (N-methyl/N-ethyl adjacent to an activating group) is 1. The maximum absolute atomic E-state index is 11.5. The molecular weight excluding hydrogens is 254 g/mol. The van der Waals surface area contributed by atoms with E-state index in [1.165, 1.54) is 6.08 Å². The third-order valence-electron chi connectivity index (χ3n) is 2.79. The van der Waals surface area contributed by atoms with Crippen LogP contribution in [-0.4, -0.2) is 37.1 Å². The third-order valence-corrected chi connectivity index (χ3v) is 2.79. The van der Waals surface area contributed by atoms with Crippen LogP contribution in [0.4, 0.5) is 0 Å². The van der Waals surface area contributed by atoms with Gasteiger partial charge in [-0.05, 0) is 44.6 Å². The number of furan rings is 1. The Bertz CT molecular complexity index is 389. The highest BCUT2D eigenvalue weighted by Crippen LogP contribution is 2.12. The average molecular weight is 272 g/mol. The van der Waals surface area contributed by atoms with E-state index in [1.54, 1.807) is 24.5 Å². The smallest absolute Gasteiger partial charge is 0.331 e. The molecule has 1 saturated heterocycles. The van der Waals surface area contributed by atoms with Gasteiger partial charge >= 0.3 is 5.97 Å². The Labute approximate surface area is 113 Å². The van der Waals surface area contributed by atoms with Crippen LogP contribution in [0.3, 0.4) is 0 Å². The number of hydrogen-bond donors (Lipinski definition) is 0. The molecule has 0 radical (unpaired) electrons. The predicted octanol–water partition coefficient (Wildman–Crippen LogP) is 2.35. The lowest BCUT2D eigenvalue weighted by molar-refractivity contribution is -0.145.